The second kappa shape index (κ2) is 6.32. The van der Waals surface area contributed by atoms with Crippen molar-refractivity contribution in [3.63, 3.8) is 0 Å². The van der Waals surface area contributed by atoms with Crippen LogP contribution in [0.15, 0.2) is 0 Å². The molecule has 1 saturated heterocycles. The van der Waals surface area contributed by atoms with Crippen LogP contribution in [0, 0.1) is 52.8 Å². The second-order valence-electron chi connectivity index (χ2n) is 11.8. The predicted octanol–water partition coefficient (Wildman–Crippen LogP) is 2.42. The van der Waals surface area contributed by atoms with Crippen LogP contribution in [0.5, 0.6) is 0 Å². The normalized spacial score (nSPS) is 53.3. The fourth-order valence-corrected chi connectivity index (χ4v) is 10.4. The van der Waals surface area contributed by atoms with Gasteiger partial charge in [0, 0.05) is 23.7 Å². The first-order valence-corrected chi connectivity index (χ1v) is 13.8. The number of fused-ring (bicyclic) bond motifs is 2. The minimum absolute atomic E-state index is 0.128. The summed E-state index contributed by atoms with van der Waals surface area (Å²) in [6.07, 6.45) is 4.12. The van der Waals surface area contributed by atoms with Crippen LogP contribution in [-0.2, 0) is 33.9 Å². The number of carbonyl (C=O) groups is 2. The highest BCUT2D eigenvalue weighted by molar-refractivity contribution is 7.87. The Morgan fingerprint density at radius 1 is 1.12 bits per heavy atom. The molecule has 0 radical (unpaired) electrons. The van der Waals surface area contributed by atoms with E-state index in [-0.39, 0.29) is 24.4 Å². The Kier molecular flexibility index (Phi) is 4.07. The van der Waals surface area contributed by atoms with Crippen molar-refractivity contribution in [2.75, 3.05) is 6.61 Å². The van der Waals surface area contributed by atoms with Crippen LogP contribution < -0.4 is 0 Å². The Morgan fingerprint density at radius 3 is 2.53 bits per heavy atom. The van der Waals surface area contributed by atoms with Crippen molar-refractivity contribution in [1.29, 1.82) is 0 Å². The van der Waals surface area contributed by atoms with Crippen LogP contribution in [0.2, 0.25) is 0 Å². The van der Waals surface area contributed by atoms with Gasteiger partial charge in [0.25, 0.3) is 0 Å². The van der Waals surface area contributed by atoms with Crippen molar-refractivity contribution in [3.05, 3.63) is 0 Å². The van der Waals surface area contributed by atoms with Gasteiger partial charge in [0.15, 0.2) is 0 Å². The van der Waals surface area contributed by atoms with Crippen LogP contribution in [0.3, 0.4) is 0 Å². The highest BCUT2D eigenvalue weighted by Crippen LogP contribution is 2.85. The fraction of sp³-hybridized carbons (Fsp3) is 0.913. The molecule has 0 aromatic carbocycles. The zero-order valence-corrected chi connectivity index (χ0v) is 19.5. The van der Waals surface area contributed by atoms with Crippen LogP contribution in [0.4, 0.5) is 8.78 Å². The largest absolute Gasteiger partial charge is 0.465 e. The van der Waals surface area contributed by atoms with Gasteiger partial charge in [0.05, 0.1) is 18.6 Å². The summed E-state index contributed by atoms with van der Waals surface area (Å²) in [6.45, 7) is 2.31. The summed E-state index contributed by atoms with van der Waals surface area (Å²) in [6, 6.07) is 0. The summed E-state index contributed by atoms with van der Waals surface area (Å²) >= 11 is 0. The quantitative estimate of drug-likeness (QED) is 0.435. The average Bonchev–Trinajstić information content (AvgIpc) is 3.51. The molecule has 11 heteroatoms. The van der Waals surface area contributed by atoms with E-state index in [2.05, 4.69) is 6.92 Å². The molecular weight excluding hydrogens is 474 g/mol. The van der Waals surface area contributed by atoms with Crippen LogP contribution in [0.25, 0.3) is 0 Å². The molecule has 6 aliphatic carbocycles. The first-order chi connectivity index (χ1) is 16.0. The number of carbonyl (C=O) groups excluding carboxylic acids is 2. The summed E-state index contributed by atoms with van der Waals surface area (Å²) in [5.41, 5.74) is -0.107. The van der Waals surface area contributed by atoms with E-state index < -0.39 is 51.0 Å². The number of alkyl halides is 2. The van der Waals surface area contributed by atoms with Crippen LogP contribution >= 0.6 is 0 Å². The molecule has 6 saturated carbocycles. The monoisotopic (exact) mass is 502 g/mol. The lowest BCUT2D eigenvalue weighted by atomic mass is 9.31. The summed E-state index contributed by atoms with van der Waals surface area (Å²) in [5.74, 6) is -1.92. The highest BCUT2D eigenvalue weighted by Gasteiger charge is 2.84. The number of hydrogen-bond acceptors (Lipinski definition) is 7. The molecule has 12 unspecified atom stereocenters. The van der Waals surface area contributed by atoms with E-state index in [0.29, 0.717) is 23.7 Å². The number of ether oxygens (including phenoxy) is 3. The first kappa shape index (κ1) is 21.9. The van der Waals surface area contributed by atoms with Gasteiger partial charge in [0.1, 0.15) is 11.7 Å². The maximum absolute atomic E-state index is 13.8. The molecule has 0 aromatic rings. The van der Waals surface area contributed by atoms with Gasteiger partial charge >= 0.3 is 27.3 Å². The van der Waals surface area contributed by atoms with Gasteiger partial charge < -0.3 is 14.2 Å². The number of halogens is 2. The number of esters is 2. The van der Waals surface area contributed by atoms with Crippen LogP contribution in [0.1, 0.15) is 45.4 Å². The van der Waals surface area contributed by atoms with Crippen molar-refractivity contribution in [2.24, 2.45) is 52.8 Å². The predicted molar refractivity (Wildman–Crippen MR) is 109 cm³/mol. The van der Waals surface area contributed by atoms with E-state index in [9.17, 15) is 26.8 Å². The third-order valence-corrected chi connectivity index (χ3v) is 12.0. The van der Waals surface area contributed by atoms with Gasteiger partial charge in [-0.1, -0.05) is 6.92 Å². The summed E-state index contributed by atoms with van der Waals surface area (Å²) in [5, 5.41) is -5.09. The molecule has 188 valence electrons. The second-order valence-corrected chi connectivity index (χ2v) is 13.3. The maximum Gasteiger partial charge on any atom is 0.465 e. The molecule has 34 heavy (non-hydrogen) atoms. The topological polar surface area (TPSA) is 116 Å². The molecule has 8 nitrogen and oxygen atoms in total. The molecule has 4 bridgehead atoms. The van der Waals surface area contributed by atoms with Crippen molar-refractivity contribution in [2.45, 2.75) is 68.5 Å². The van der Waals surface area contributed by atoms with Gasteiger partial charge in [-0.3, -0.25) is 9.35 Å². The van der Waals surface area contributed by atoms with Gasteiger partial charge in [0.2, 0.25) is 0 Å². The smallest absolute Gasteiger partial charge is 0.458 e. The first-order valence-electron chi connectivity index (χ1n) is 12.4. The Bertz CT molecular complexity index is 1090. The van der Waals surface area contributed by atoms with Gasteiger partial charge in [-0.05, 0) is 61.7 Å². The molecule has 0 aromatic heterocycles. The van der Waals surface area contributed by atoms with Crippen molar-refractivity contribution >= 4 is 22.1 Å². The van der Waals surface area contributed by atoms with Crippen molar-refractivity contribution in [1.82, 2.24) is 0 Å². The van der Waals surface area contributed by atoms with E-state index in [4.69, 9.17) is 18.8 Å². The number of rotatable bonds is 6. The minimum atomic E-state index is -5.98. The molecule has 1 heterocycles. The molecule has 1 N–H and O–H groups in total. The lowest BCUT2D eigenvalue weighted by molar-refractivity contribution is -0.329. The van der Waals surface area contributed by atoms with Crippen molar-refractivity contribution < 1.29 is 45.6 Å². The zero-order chi connectivity index (χ0) is 24.0. The molecule has 0 amide bonds. The van der Waals surface area contributed by atoms with E-state index in [0.717, 1.165) is 31.1 Å². The summed E-state index contributed by atoms with van der Waals surface area (Å²) in [7, 11) is -5.98. The highest BCUT2D eigenvalue weighted by atomic mass is 32.2. The van der Waals surface area contributed by atoms with Crippen LogP contribution in [-0.4, -0.2) is 54.6 Å². The van der Waals surface area contributed by atoms with E-state index >= 15 is 0 Å². The lowest BCUT2D eigenvalue weighted by Crippen LogP contribution is -2.77. The average molecular weight is 503 g/mol. The van der Waals surface area contributed by atoms with E-state index in [1.54, 1.807) is 0 Å². The van der Waals surface area contributed by atoms with E-state index in [1.807, 2.05) is 0 Å². The molecular formula is C23H28F2O8S. The van der Waals surface area contributed by atoms with Gasteiger partial charge in [-0.25, -0.2) is 4.79 Å². The maximum atomic E-state index is 13.8. The summed E-state index contributed by atoms with van der Waals surface area (Å²) in [4.78, 5) is 25.6. The third-order valence-electron chi connectivity index (χ3n) is 11.2. The molecule has 7 aliphatic rings. The lowest BCUT2D eigenvalue weighted by Gasteiger charge is -2.75. The molecule has 1 spiro atoms. The Labute approximate surface area is 195 Å². The van der Waals surface area contributed by atoms with E-state index in [1.165, 1.54) is 12.8 Å². The molecule has 12 atom stereocenters. The van der Waals surface area contributed by atoms with Crippen molar-refractivity contribution in [3.8, 4) is 0 Å². The Hall–Kier alpha value is -1.33. The molecule has 1 aliphatic heterocycles. The Morgan fingerprint density at radius 2 is 1.85 bits per heavy atom. The third kappa shape index (κ3) is 2.24. The van der Waals surface area contributed by atoms with Gasteiger partial charge in [-0.15, -0.1) is 0 Å². The Balaban J connectivity index is 1.12. The minimum Gasteiger partial charge on any atom is -0.458 e. The SMILES string of the molecule is CCC1(OC(=O)C2C3COC4C3CC2C4OC(=O)C(F)(F)S(=O)(=O)O)C2CC3CC4CC1C42C3. The van der Waals surface area contributed by atoms with Gasteiger partial charge in [-0.2, -0.15) is 17.2 Å². The molecule has 7 fully saturated rings. The fourth-order valence-electron chi connectivity index (χ4n) is 10.2. The number of hydrogen-bond donors (Lipinski definition) is 1. The zero-order valence-electron chi connectivity index (χ0n) is 18.7. The standard InChI is InChI=1S/C23H28F2O8S/c1-2-22(14-4-9-3-10-5-15(22)21(10,14)7-9)33-19(26)16-12-6-11-13(16)8-31-17(11)18(12)32-20(27)23(24,25)34(28,29)30/h9-18H,2-8H2,1H3,(H,28,29,30). The summed E-state index contributed by atoms with van der Waals surface area (Å²) < 4.78 is 75.4. The molecule has 7 rings (SSSR count).